The second kappa shape index (κ2) is 11.5. The summed E-state index contributed by atoms with van der Waals surface area (Å²) in [6, 6.07) is 50.6. The van der Waals surface area contributed by atoms with Crippen molar-refractivity contribution in [3.8, 4) is 0 Å². The number of benzene rings is 5. The van der Waals surface area contributed by atoms with Crippen LogP contribution in [0.2, 0.25) is 5.02 Å². The van der Waals surface area contributed by atoms with E-state index >= 15 is 0 Å². The normalized spacial score (nSPS) is 10.6. The largest absolute Gasteiger partial charge is 0.0843 e. The molecule has 0 amide bonds. The van der Waals surface area contributed by atoms with E-state index < -0.39 is 0 Å². The zero-order valence-corrected chi connectivity index (χ0v) is 20.7. The maximum Gasteiger partial charge on any atom is 0.0409 e. The molecule has 0 atom stereocenters. The van der Waals surface area contributed by atoms with Gasteiger partial charge in [0, 0.05) is 10.9 Å². The smallest absolute Gasteiger partial charge is 0.0409 e. The molecule has 0 aliphatic heterocycles. The number of allylic oxidation sites excluding steroid dienone is 2. The van der Waals surface area contributed by atoms with Gasteiger partial charge in [-0.3, -0.25) is 0 Å². The quantitative estimate of drug-likeness (QED) is 0.216. The van der Waals surface area contributed by atoms with E-state index in [9.17, 15) is 0 Å². The molecule has 5 aromatic carbocycles. The molecule has 0 radical (unpaired) electrons. The molecular weight excluding hydrogens is 456 g/mol. The molecule has 0 fully saturated rings. The molecule has 0 aliphatic carbocycles. The molecule has 0 aliphatic rings. The molecular formula is C35H27Cl. The fraction of sp³-hybridized carbons (Fsp3) is 0.0286. The molecule has 0 nitrogen and oxygen atoms in total. The fourth-order valence-electron chi connectivity index (χ4n) is 4.50. The SMILES string of the molecule is Clc1cccc(C(C=C(c2ccccc2)c2ccccc2)C=C(c2ccccc2)c2ccccc2)c1. The summed E-state index contributed by atoms with van der Waals surface area (Å²) in [6.45, 7) is 0. The predicted octanol–water partition coefficient (Wildman–Crippen LogP) is 9.69. The predicted molar refractivity (Wildman–Crippen MR) is 154 cm³/mol. The van der Waals surface area contributed by atoms with Crippen molar-refractivity contribution in [2.24, 2.45) is 0 Å². The highest BCUT2D eigenvalue weighted by molar-refractivity contribution is 6.30. The van der Waals surface area contributed by atoms with Crippen molar-refractivity contribution in [3.63, 3.8) is 0 Å². The Balaban J connectivity index is 1.75. The van der Waals surface area contributed by atoms with Crippen molar-refractivity contribution in [2.45, 2.75) is 5.92 Å². The highest BCUT2D eigenvalue weighted by atomic mass is 35.5. The Morgan fingerprint density at radius 1 is 0.444 bits per heavy atom. The van der Waals surface area contributed by atoms with E-state index in [1.54, 1.807) is 0 Å². The molecule has 0 aromatic heterocycles. The Labute approximate surface area is 218 Å². The van der Waals surface area contributed by atoms with Gasteiger partial charge in [-0.15, -0.1) is 0 Å². The molecule has 5 aromatic rings. The first-order valence-corrected chi connectivity index (χ1v) is 12.6. The summed E-state index contributed by atoms with van der Waals surface area (Å²) in [5.41, 5.74) is 8.28. The van der Waals surface area contributed by atoms with Crippen LogP contribution in [-0.2, 0) is 0 Å². The van der Waals surface area contributed by atoms with Gasteiger partial charge in [-0.05, 0) is 51.1 Å². The van der Waals surface area contributed by atoms with Crippen LogP contribution >= 0.6 is 11.6 Å². The maximum atomic E-state index is 6.49. The van der Waals surface area contributed by atoms with Crippen LogP contribution in [0.3, 0.4) is 0 Å². The second-order valence-electron chi connectivity index (χ2n) is 8.71. The monoisotopic (exact) mass is 482 g/mol. The van der Waals surface area contributed by atoms with Gasteiger partial charge in [0.05, 0.1) is 0 Å². The van der Waals surface area contributed by atoms with Crippen molar-refractivity contribution < 1.29 is 0 Å². The molecule has 0 heterocycles. The van der Waals surface area contributed by atoms with Gasteiger partial charge >= 0.3 is 0 Å². The first kappa shape index (κ1) is 23.6. The molecule has 36 heavy (non-hydrogen) atoms. The number of hydrogen-bond donors (Lipinski definition) is 0. The lowest BCUT2D eigenvalue weighted by atomic mass is 9.87. The van der Waals surface area contributed by atoms with Gasteiger partial charge in [0.15, 0.2) is 0 Å². The topological polar surface area (TPSA) is 0 Å². The average molecular weight is 483 g/mol. The van der Waals surface area contributed by atoms with E-state index in [4.69, 9.17) is 11.6 Å². The highest BCUT2D eigenvalue weighted by Gasteiger charge is 2.15. The Morgan fingerprint density at radius 3 is 1.14 bits per heavy atom. The summed E-state index contributed by atoms with van der Waals surface area (Å²) in [7, 11) is 0. The zero-order valence-electron chi connectivity index (χ0n) is 20.0. The van der Waals surface area contributed by atoms with Gasteiger partial charge in [0.2, 0.25) is 0 Å². The summed E-state index contributed by atoms with van der Waals surface area (Å²) in [5.74, 6) is -0.00507. The van der Waals surface area contributed by atoms with E-state index in [0.717, 1.165) is 10.6 Å². The van der Waals surface area contributed by atoms with E-state index in [1.165, 1.54) is 33.4 Å². The fourth-order valence-corrected chi connectivity index (χ4v) is 4.70. The summed E-state index contributed by atoms with van der Waals surface area (Å²) in [6.07, 6.45) is 4.73. The van der Waals surface area contributed by atoms with Crippen molar-refractivity contribution >= 4 is 22.7 Å². The van der Waals surface area contributed by atoms with Crippen LogP contribution in [-0.4, -0.2) is 0 Å². The molecule has 5 rings (SSSR count). The van der Waals surface area contributed by atoms with Crippen molar-refractivity contribution in [2.75, 3.05) is 0 Å². The van der Waals surface area contributed by atoms with Crippen LogP contribution in [0.5, 0.6) is 0 Å². The molecule has 0 spiro atoms. The van der Waals surface area contributed by atoms with Crippen LogP contribution in [0.4, 0.5) is 0 Å². The van der Waals surface area contributed by atoms with Crippen molar-refractivity contribution in [1.29, 1.82) is 0 Å². The van der Waals surface area contributed by atoms with Crippen molar-refractivity contribution in [1.82, 2.24) is 0 Å². The second-order valence-corrected chi connectivity index (χ2v) is 9.14. The summed E-state index contributed by atoms with van der Waals surface area (Å²) in [4.78, 5) is 0. The van der Waals surface area contributed by atoms with Crippen LogP contribution in [0.25, 0.3) is 11.1 Å². The summed E-state index contributed by atoms with van der Waals surface area (Å²) >= 11 is 6.49. The third-order valence-corrected chi connectivity index (χ3v) is 6.50. The first-order chi connectivity index (χ1) is 17.8. The van der Waals surface area contributed by atoms with Crippen LogP contribution in [0.1, 0.15) is 33.7 Å². The van der Waals surface area contributed by atoms with E-state index in [-0.39, 0.29) is 5.92 Å². The Kier molecular flexibility index (Phi) is 7.56. The minimum Gasteiger partial charge on any atom is -0.0843 e. The van der Waals surface area contributed by atoms with Crippen LogP contribution in [0.15, 0.2) is 158 Å². The lowest BCUT2D eigenvalue weighted by Crippen LogP contribution is -1.99. The zero-order chi connectivity index (χ0) is 24.6. The Morgan fingerprint density at radius 2 is 0.806 bits per heavy atom. The molecule has 1 heteroatoms. The van der Waals surface area contributed by atoms with E-state index in [2.05, 4.69) is 146 Å². The van der Waals surface area contributed by atoms with Gasteiger partial charge in [-0.2, -0.15) is 0 Å². The molecule has 0 unspecified atom stereocenters. The lowest BCUT2D eigenvalue weighted by Gasteiger charge is -2.18. The number of hydrogen-bond acceptors (Lipinski definition) is 0. The van der Waals surface area contributed by atoms with Gasteiger partial charge in [-0.1, -0.05) is 157 Å². The highest BCUT2D eigenvalue weighted by Crippen LogP contribution is 2.34. The van der Waals surface area contributed by atoms with Crippen LogP contribution in [0, 0.1) is 0 Å². The molecule has 0 bridgehead atoms. The third kappa shape index (κ3) is 5.74. The first-order valence-electron chi connectivity index (χ1n) is 12.2. The third-order valence-electron chi connectivity index (χ3n) is 6.27. The Hall–Kier alpha value is -4.13. The minimum absolute atomic E-state index is 0.00507. The molecule has 0 saturated carbocycles. The van der Waals surface area contributed by atoms with E-state index in [1.807, 2.05) is 12.1 Å². The van der Waals surface area contributed by atoms with Crippen molar-refractivity contribution in [3.05, 3.63) is 191 Å². The minimum atomic E-state index is -0.00507. The number of halogens is 1. The van der Waals surface area contributed by atoms with E-state index in [0.29, 0.717) is 0 Å². The molecule has 174 valence electrons. The molecule has 0 N–H and O–H groups in total. The van der Waals surface area contributed by atoms with Gasteiger partial charge < -0.3 is 0 Å². The van der Waals surface area contributed by atoms with Gasteiger partial charge in [0.1, 0.15) is 0 Å². The Bertz CT molecular complexity index is 1270. The summed E-state index contributed by atoms with van der Waals surface area (Å²) in [5, 5.41) is 0.737. The van der Waals surface area contributed by atoms with Crippen LogP contribution < -0.4 is 0 Å². The maximum absolute atomic E-state index is 6.49. The molecule has 0 saturated heterocycles. The van der Waals surface area contributed by atoms with Gasteiger partial charge in [-0.25, -0.2) is 0 Å². The lowest BCUT2D eigenvalue weighted by molar-refractivity contribution is 1.08. The average Bonchev–Trinajstić information content (AvgIpc) is 2.95. The number of rotatable bonds is 7. The summed E-state index contributed by atoms with van der Waals surface area (Å²) < 4.78 is 0. The van der Waals surface area contributed by atoms with Gasteiger partial charge in [0.25, 0.3) is 0 Å². The standard InChI is InChI=1S/C35H27Cl/c36-33-23-13-22-31(24-33)32(25-34(27-14-5-1-6-15-27)28-16-7-2-8-17-28)26-35(29-18-9-3-10-19-29)30-20-11-4-12-21-30/h1-26,32H.